The number of carbonyl (C=O) groups is 1. The largest absolute Gasteiger partial charge is 0.496 e. The molecule has 0 aliphatic rings. The van der Waals surface area contributed by atoms with Crippen molar-refractivity contribution in [3.8, 4) is 5.75 Å². The Kier molecular flexibility index (Phi) is 4.31. The van der Waals surface area contributed by atoms with E-state index in [4.69, 9.17) is 4.74 Å². The summed E-state index contributed by atoms with van der Waals surface area (Å²) >= 11 is 0. The van der Waals surface area contributed by atoms with Crippen molar-refractivity contribution in [3.05, 3.63) is 23.8 Å². The van der Waals surface area contributed by atoms with Crippen molar-refractivity contribution in [2.75, 3.05) is 28.3 Å². The third-order valence-electron chi connectivity index (χ3n) is 2.42. The van der Waals surface area contributed by atoms with E-state index in [2.05, 4.69) is 5.32 Å². The molecule has 0 heterocycles. The number of hydrogen-bond acceptors (Lipinski definition) is 4. The zero-order valence-electron chi connectivity index (χ0n) is 10.7. The molecule has 1 amide bonds. The average molecular weight is 272 g/mol. The molecule has 1 rings (SSSR count). The van der Waals surface area contributed by atoms with Crippen LogP contribution in [-0.2, 0) is 10.0 Å². The number of carbonyl (C=O) groups excluding carboxylic acids is 1. The highest BCUT2D eigenvalue weighted by molar-refractivity contribution is 7.89. The van der Waals surface area contributed by atoms with E-state index in [1.54, 1.807) is 0 Å². The SMILES string of the molecule is CNC(=O)c1cc(S(=O)(=O)N(C)C)ccc1OC. The maximum atomic E-state index is 11.9. The van der Waals surface area contributed by atoms with Gasteiger partial charge in [-0.3, -0.25) is 4.79 Å². The summed E-state index contributed by atoms with van der Waals surface area (Å²) in [7, 11) is 2.18. The number of benzene rings is 1. The lowest BCUT2D eigenvalue weighted by atomic mass is 10.2. The Balaban J connectivity index is 3.40. The maximum Gasteiger partial charge on any atom is 0.254 e. The second kappa shape index (κ2) is 5.36. The van der Waals surface area contributed by atoms with Crippen LogP contribution in [0, 0.1) is 0 Å². The first-order chi connectivity index (χ1) is 8.34. The molecule has 1 N–H and O–H groups in total. The number of amides is 1. The van der Waals surface area contributed by atoms with E-state index >= 15 is 0 Å². The number of methoxy groups -OCH3 is 1. The fraction of sp³-hybridized carbons (Fsp3) is 0.364. The summed E-state index contributed by atoms with van der Waals surface area (Å²) in [6, 6.07) is 4.16. The van der Waals surface area contributed by atoms with Gasteiger partial charge in [0.05, 0.1) is 17.6 Å². The van der Waals surface area contributed by atoms with Crippen molar-refractivity contribution >= 4 is 15.9 Å². The molecular weight excluding hydrogens is 256 g/mol. The van der Waals surface area contributed by atoms with Crippen molar-refractivity contribution in [2.24, 2.45) is 0 Å². The molecule has 0 radical (unpaired) electrons. The predicted molar refractivity (Wildman–Crippen MR) is 67.3 cm³/mol. The van der Waals surface area contributed by atoms with E-state index in [0.29, 0.717) is 5.75 Å². The number of nitrogens with one attached hydrogen (secondary N) is 1. The first kappa shape index (κ1) is 14.5. The molecule has 0 aliphatic heterocycles. The highest BCUT2D eigenvalue weighted by atomic mass is 32.2. The lowest BCUT2D eigenvalue weighted by molar-refractivity contribution is 0.0960. The van der Waals surface area contributed by atoms with Gasteiger partial charge < -0.3 is 10.1 Å². The smallest absolute Gasteiger partial charge is 0.254 e. The Bertz CT molecular complexity index is 552. The van der Waals surface area contributed by atoms with Crippen LogP contribution in [0.2, 0.25) is 0 Å². The number of nitrogens with zero attached hydrogens (tertiary/aromatic N) is 1. The number of sulfonamides is 1. The van der Waals surface area contributed by atoms with Crippen molar-refractivity contribution in [1.29, 1.82) is 0 Å². The Morgan fingerprint density at radius 1 is 1.33 bits per heavy atom. The molecule has 100 valence electrons. The van der Waals surface area contributed by atoms with Gasteiger partial charge in [0.2, 0.25) is 10.0 Å². The van der Waals surface area contributed by atoms with Crippen molar-refractivity contribution in [3.63, 3.8) is 0 Å². The standard InChI is InChI=1S/C11H16N2O4S/c1-12-11(14)9-7-8(5-6-10(9)17-4)18(15,16)13(2)3/h5-7H,1-4H3,(H,12,14). The van der Waals surface area contributed by atoms with Crippen molar-refractivity contribution < 1.29 is 17.9 Å². The van der Waals surface area contributed by atoms with Gasteiger partial charge in [-0.05, 0) is 18.2 Å². The van der Waals surface area contributed by atoms with Crippen LogP contribution in [0.1, 0.15) is 10.4 Å². The molecule has 0 aliphatic carbocycles. The average Bonchev–Trinajstić information content (AvgIpc) is 2.36. The van der Waals surface area contributed by atoms with E-state index < -0.39 is 15.9 Å². The molecule has 1 aromatic rings. The first-order valence-electron chi connectivity index (χ1n) is 5.17. The van der Waals surface area contributed by atoms with Crippen LogP contribution in [0.3, 0.4) is 0 Å². The van der Waals surface area contributed by atoms with E-state index in [0.717, 1.165) is 4.31 Å². The van der Waals surface area contributed by atoms with Crippen LogP contribution >= 0.6 is 0 Å². The summed E-state index contributed by atoms with van der Waals surface area (Å²) in [5, 5.41) is 2.44. The Hall–Kier alpha value is -1.60. The minimum atomic E-state index is -3.57. The number of rotatable bonds is 4. The molecule has 0 fully saturated rings. The van der Waals surface area contributed by atoms with Gasteiger partial charge in [-0.15, -0.1) is 0 Å². The predicted octanol–water partition coefficient (Wildman–Crippen LogP) is 0.305. The van der Waals surface area contributed by atoms with Crippen molar-refractivity contribution in [2.45, 2.75) is 4.90 Å². The molecule has 0 atom stereocenters. The monoisotopic (exact) mass is 272 g/mol. The minimum Gasteiger partial charge on any atom is -0.496 e. The van der Waals surface area contributed by atoms with Gasteiger partial charge in [-0.2, -0.15) is 0 Å². The van der Waals surface area contributed by atoms with Gasteiger partial charge in [-0.25, -0.2) is 12.7 Å². The van der Waals surface area contributed by atoms with Gasteiger partial charge in [0, 0.05) is 21.1 Å². The molecule has 0 saturated heterocycles. The van der Waals surface area contributed by atoms with Gasteiger partial charge in [-0.1, -0.05) is 0 Å². The Morgan fingerprint density at radius 3 is 2.39 bits per heavy atom. The van der Waals surface area contributed by atoms with E-state index in [1.807, 2.05) is 0 Å². The van der Waals surface area contributed by atoms with Crippen LogP contribution in [0.4, 0.5) is 0 Å². The van der Waals surface area contributed by atoms with Crippen LogP contribution in [-0.4, -0.2) is 46.9 Å². The van der Waals surface area contributed by atoms with Gasteiger partial charge in [0.25, 0.3) is 5.91 Å². The normalized spacial score (nSPS) is 11.4. The maximum absolute atomic E-state index is 11.9. The van der Waals surface area contributed by atoms with Crippen LogP contribution in [0.15, 0.2) is 23.1 Å². The molecule has 1 aromatic carbocycles. The second-order valence-electron chi connectivity index (χ2n) is 3.73. The summed E-state index contributed by atoms with van der Waals surface area (Å²) in [5.41, 5.74) is 0.183. The fourth-order valence-corrected chi connectivity index (χ4v) is 2.30. The third-order valence-corrected chi connectivity index (χ3v) is 4.23. The lowest BCUT2D eigenvalue weighted by Crippen LogP contribution is -2.24. The number of hydrogen-bond donors (Lipinski definition) is 1. The van der Waals surface area contributed by atoms with E-state index in [1.165, 1.54) is 46.5 Å². The third kappa shape index (κ3) is 2.62. The molecule has 0 unspecified atom stereocenters. The molecular formula is C11H16N2O4S. The molecule has 6 nitrogen and oxygen atoms in total. The molecule has 7 heteroatoms. The molecule has 0 bridgehead atoms. The highest BCUT2D eigenvalue weighted by Gasteiger charge is 2.21. The summed E-state index contributed by atoms with van der Waals surface area (Å²) in [5.74, 6) is -0.0743. The van der Waals surface area contributed by atoms with E-state index in [9.17, 15) is 13.2 Å². The Morgan fingerprint density at radius 2 is 1.94 bits per heavy atom. The number of ether oxygens (including phenoxy) is 1. The van der Waals surface area contributed by atoms with Crippen molar-refractivity contribution in [1.82, 2.24) is 9.62 Å². The minimum absolute atomic E-state index is 0.0481. The van der Waals surface area contributed by atoms with Gasteiger partial charge in [0.15, 0.2) is 0 Å². The molecule has 0 aromatic heterocycles. The topological polar surface area (TPSA) is 75.7 Å². The Labute approximate surface area is 107 Å². The second-order valence-corrected chi connectivity index (χ2v) is 5.88. The van der Waals surface area contributed by atoms with Crippen LogP contribution < -0.4 is 10.1 Å². The molecule has 18 heavy (non-hydrogen) atoms. The lowest BCUT2D eigenvalue weighted by Gasteiger charge is -2.13. The molecule has 0 spiro atoms. The van der Waals surface area contributed by atoms with Crippen LogP contribution in [0.25, 0.3) is 0 Å². The zero-order valence-corrected chi connectivity index (χ0v) is 11.5. The molecule has 0 saturated carbocycles. The van der Waals surface area contributed by atoms with E-state index in [-0.39, 0.29) is 10.5 Å². The highest BCUT2D eigenvalue weighted by Crippen LogP contribution is 2.23. The summed E-state index contributed by atoms with van der Waals surface area (Å²) < 4.78 is 30.0. The zero-order chi connectivity index (χ0) is 13.9. The summed E-state index contributed by atoms with van der Waals surface area (Å²) in [6.07, 6.45) is 0. The first-order valence-corrected chi connectivity index (χ1v) is 6.61. The fourth-order valence-electron chi connectivity index (χ4n) is 1.37. The summed E-state index contributed by atoms with van der Waals surface area (Å²) in [6.45, 7) is 0. The summed E-state index contributed by atoms with van der Waals surface area (Å²) in [4.78, 5) is 11.7. The quantitative estimate of drug-likeness (QED) is 0.855. The van der Waals surface area contributed by atoms with Crippen LogP contribution in [0.5, 0.6) is 5.75 Å². The van der Waals surface area contributed by atoms with Gasteiger partial charge in [0.1, 0.15) is 5.75 Å². The van der Waals surface area contributed by atoms with Gasteiger partial charge >= 0.3 is 0 Å².